The molecule has 2 aromatic carbocycles. The van der Waals surface area contributed by atoms with Crippen molar-refractivity contribution in [2.45, 2.75) is 13.3 Å². The van der Waals surface area contributed by atoms with Crippen molar-refractivity contribution >= 4 is 17.5 Å². The SMILES string of the molecule is CCN(c1ccccc1)c1ccnc(NCCc2ccc(OC)c(OC)c2)n1. The van der Waals surface area contributed by atoms with Gasteiger partial charge in [0.05, 0.1) is 14.2 Å². The number of hydrogen-bond donors (Lipinski definition) is 1. The van der Waals surface area contributed by atoms with Crippen LogP contribution in [0.25, 0.3) is 0 Å². The molecule has 1 N–H and O–H groups in total. The number of methoxy groups -OCH3 is 2. The molecule has 0 aliphatic rings. The molecule has 146 valence electrons. The van der Waals surface area contributed by atoms with Crippen molar-refractivity contribution in [3.05, 3.63) is 66.4 Å². The van der Waals surface area contributed by atoms with Crippen molar-refractivity contribution in [3.63, 3.8) is 0 Å². The molecular formula is C22H26N4O2. The minimum absolute atomic E-state index is 0.618. The Morgan fingerprint density at radius 2 is 1.75 bits per heavy atom. The summed E-state index contributed by atoms with van der Waals surface area (Å²) in [6.45, 7) is 3.65. The average molecular weight is 378 g/mol. The zero-order chi connectivity index (χ0) is 19.8. The molecule has 0 saturated carbocycles. The van der Waals surface area contributed by atoms with Crippen molar-refractivity contribution < 1.29 is 9.47 Å². The summed E-state index contributed by atoms with van der Waals surface area (Å²) < 4.78 is 10.6. The van der Waals surface area contributed by atoms with Gasteiger partial charge in [0, 0.05) is 25.0 Å². The lowest BCUT2D eigenvalue weighted by Gasteiger charge is -2.22. The highest BCUT2D eigenvalue weighted by molar-refractivity contribution is 5.60. The maximum atomic E-state index is 5.36. The summed E-state index contributed by atoms with van der Waals surface area (Å²) >= 11 is 0. The number of hydrogen-bond acceptors (Lipinski definition) is 6. The molecule has 0 spiro atoms. The largest absolute Gasteiger partial charge is 0.493 e. The van der Waals surface area contributed by atoms with E-state index in [1.165, 1.54) is 0 Å². The van der Waals surface area contributed by atoms with Gasteiger partial charge in [0.1, 0.15) is 5.82 Å². The minimum atomic E-state index is 0.618. The van der Waals surface area contributed by atoms with Crippen LogP contribution in [-0.2, 0) is 6.42 Å². The summed E-state index contributed by atoms with van der Waals surface area (Å²) in [7, 11) is 3.28. The van der Waals surface area contributed by atoms with Gasteiger partial charge in [-0.25, -0.2) is 4.98 Å². The first kappa shape index (κ1) is 19.5. The molecular weight excluding hydrogens is 352 g/mol. The molecule has 1 aromatic heterocycles. The Kier molecular flexibility index (Phi) is 6.68. The Balaban J connectivity index is 1.65. The molecule has 28 heavy (non-hydrogen) atoms. The third kappa shape index (κ3) is 4.71. The highest BCUT2D eigenvalue weighted by atomic mass is 16.5. The van der Waals surface area contributed by atoms with E-state index in [1.54, 1.807) is 20.4 Å². The monoisotopic (exact) mass is 378 g/mol. The molecule has 0 unspecified atom stereocenters. The molecule has 0 bridgehead atoms. The van der Waals surface area contributed by atoms with E-state index < -0.39 is 0 Å². The van der Waals surface area contributed by atoms with E-state index in [4.69, 9.17) is 9.47 Å². The van der Waals surface area contributed by atoms with Crippen LogP contribution in [0.2, 0.25) is 0 Å². The molecule has 0 amide bonds. The highest BCUT2D eigenvalue weighted by Gasteiger charge is 2.10. The molecule has 6 nitrogen and oxygen atoms in total. The van der Waals surface area contributed by atoms with Gasteiger partial charge in [-0.2, -0.15) is 4.98 Å². The first-order chi connectivity index (χ1) is 13.7. The highest BCUT2D eigenvalue weighted by Crippen LogP contribution is 2.28. The van der Waals surface area contributed by atoms with Crippen molar-refractivity contribution in [1.82, 2.24) is 9.97 Å². The molecule has 3 rings (SSSR count). The predicted octanol–water partition coefficient (Wildman–Crippen LogP) is 4.31. The zero-order valence-corrected chi connectivity index (χ0v) is 16.6. The summed E-state index contributed by atoms with van der Waals surface area (Å²) in [5, 5.41) is 3.31. The number of anilines is 3. The van der Waals surface area contributed by atoms with Crippen LogP contribution in [0.1, 0.15) is 12.5 Å². The number of aromatic nitrogens is 2. The van der Waals surface area contributed by atoms with Crippen molar-refractivity contribution in [2.24, 2.45) is 0 Å². The van der Waals surface area contributed by atoms with Gasteiger partial charge in [-0.3, -0.25) is 0 Å². The van der Waals surface area contributed by atoms with E-state index in [1.807, 2.05) is 42.5 Å². The summed E-state index contributed by atoms with van der Waals surface area (Å²) in [5.41, 5.74) is 2.26. The van der Waals surface area contributed by atoms with Gasteiger partial charge >= 0.3 is 0 Å². The van der Waals surface area contributed by atoms with Crippen LogP contribution in [0.15, 0.2) is 60.8 Å². The van der Waals surface area contributed by atoms with Gasteiger partial charge in [0.2, 0.25) is 5.95 Å². The van der Waals surface area contributed by atoms with E-state index >= 15 is 0 Å². The molecule has 0 aliphatic heterocycles. The Morgan fingerprint density at radius 3 is 2.46 bits per heavy atom. The fourth-order valence-electron chi connectivity index (χ4n) is 3.02. The molecule has 0 fully saturated rings. The van der Waals surface area contributed by atoms with E-state index in [9.17, 15) is 0 Å². The van der Waals surface area contributed by atoms with Gasteiger partial charge in [0.15, 0.2) is 11.5 Å². The van der Waals surface area contributed by atoms with Crippen LogP contribution in [0, 0.1) is 0 Å². The molecule has 0 aliphatic carbocycles. The topological polar surface area (TPSA) is 59.5 Å². The van der Waals surface area contributed by atoms with Gasteiger partial charge in [-0.15, -0.1) is 0 Å². The van der Waals surface area contributed by atoms with Crippen molar-refractivity contribution in [3.8, 4) is 11.5 Å². The van der Waals surface area contributed by atoms with Crippen LogP contribution in [0.3, 0.4) is 0 Å². The normalized spacial score (nSPS) is 10.4. The van der Waals surface area contributed by atoms with Gasteiger partial charge < -0.3 is 19.7 Å². The second-order valence-electron chi connectivity index (χ2n) is 6.18. The fourth-order valence-corrected chi connectivity index (χ4v) is 3.02. The predicted molar refractivity (Wildman–Crippen MR) is 113 cm³/mol. The van der Waals surface area contributed by atoms with Gasteiger partial charge in [-0.1, -0.05) is 24.3 Å². The van der Waals surface area contributed by atoms with Crippen molar-refractivity contribution in [2.75, 3.05) is 37.5 Å². The number of para-hydroxylation sites is 1. The van der Waals surface area contributed by atoms with Crippen LogP contribution in [-0.4, -0.2) is 37.3 Å². The minimum Gasteiger partial charge on any atom is -0.493 e. The Bertz CT molecular complexity index is 887. The van der Waals surface area contributed by atoms with Gasteiger partial charge in [-0.05, 0) is 49.2 Å². The molecule has 1 heterocycles. The Hall–Kier alpha value is -3.28. The molecule has 0 radical (unpaired) electrons. The first-order valence-electron chi connectivity index (χ1n) is 9.35. The van der Waals surface area contributed by atoms with Crippen molar-refractivity contribution in [1.29, 1.82) is 0 Å². The third-order valence-corrected chi connectivity index (χ3v) is 4.45. The third-order valence-electron chi connectivity index (χ3n) is 4.45. The first-order valence-corrected chi connectivity index (χ1v) is 9.35. The quantitative estimate of drug-likeness (QED) is 0.599. The van der Waals surface area contributed by atoms with E-state index in [0.29, 0.717) is 5.95 Å². The van der Waals surface area contributed by atoms with Gasteiger partial charge in [0.25, 0.3) is 0 Å². The molecule has 3 aromatic rings. The lowest BCUT2D eigenvalue weighted by molar-refractivity contribution is 0.354. The van der Waals surface area contributed by atoms with Crippen LogP contribution < -0.4 is 19.7 Å². The number of nitrogens with one attached hydrogen (secondary N) is 1. The molecule has 0 atom stereocenters. The van der Waals surface area contributed by atoms with Crippen LogP contribution in [0.5, 0.6) is 11.5 Å². The van der Waals surface area contributed by atoms with Crippen LogP contribution in [0.4, 0.5) is 17.5 Å². The maximum Gasteiger partial charge on any atom is 0.224 e. The number of benzene rings is 2. The number of rotatable bonds is 9. The second kappa shape index (κ2) is 9.60. The average Bonchev–Trinajstić information content (AvgIpc) is 2.75. The lowest BCUT2D eigenvalue weighted by atomic mass is 10.1. The zero-order valence-electron chi connectivity index (χ0n) is 16.6. The molecule has 6 heteroatoms. The standard InChI is InChI=1S/C22H26N4O2/c1-4-26(18-8-6-5-7-9-18)21-13-15-24-22(25-21)23-14-12-17-10-11-19(27-2)20(16-17)28-3/h5-11,13,15-16H,4,12,14H2,1-3H3,(H,23,24,25). The number of nitrogens with zero attached hydrogens (tertiary/aromatic N) is 3. The summed E-state index contributed by atoms with van der Waals surface area (Å²) in [5.74, 6) is 2.96. The summed E-state index contributed by atoms with van der Waals surface area (Å²) in [6.07, 6.45) is 2.61. The van der Waals surface area contributed by atoms with Crippen LogP contribution >= 0.6 is 0 Å². The Morgan fingerprint density at radius 1 is 0.964 bits per heavy atom. The summed E-state index contributed by atoms with van der Waals surface area (Å²) in [4.78, 5) is 11.2. The lowest BCUT2D eigenvalue weighted by Crippen LogP contribution is -2.18. The van der Waals surface area contributed by atoms with E-state index in [-0.39, 0.29) is 0 Å². The smallest absolute Gasteiger partial charge is 0.224 e. The Labute approximate surface area is 166 Å². The maximum absolute atomic E-state index is 5.36. The second-order valence-corrected chi connectivity index (χ2v) is 6.18. The molecule has 0 saturated heterocycles. The number of ether oxygens (including phenoxy) is 2. The van der Waals surface area contributed by atoms with E-state index in [0.717, 1.165) is 48.1 Å². The fraction of sp³-hybridized carbons (Fsp3) is 0.273. The summed E-state index contributed by atoms with van der Waals surface area (Å²) in [6, 6.07) is 18.1. The van der Waals surface area contributed by atoms with E-state index in [2.05, 4.69) is 39.2 Å².